The van der Waals surface area contributed by atoms with Gasteiger partial charge in [-0.2, -0.15) is 0 Å². The van der Waals surface area contributed by atoms with E-state index in [1.807, 2.05) is 6.07 Å². The van der Waals surface area contributed by atoms with Crippen LogP contribution in [0.25, 0.3) is 0 Å². The van der Waals surface area contributed by atoms with E-state index in [0.717, 1.165) is 0 Å². The quantitative estimate of drug-likeness (QED) is 0.257. The minimum atomic E-state index is -1.09. The SMILES string of the molecule is CC(O)c1ccc(C2CCC(c3ccc(CCc4ccc(C5CO5)c(F)c4F)cc3F)CC2)c(F)c1F. The number of halogens is 5. The van der Waals surface area contributed by atoms with Gasteiger partial charge in [0.1, 0.15) is 11.9 Å². The number of aliphatic hydroxyl groups is 1. The van der Waals surface area contributed by atoms with Crippen molar-refractivity contribution in [2.45, 2.75) is 69.5 Å². The van der Waals surface area contributed by atoms with Crippen molar-refractivity contribution in [2.75, 3.05) is 6.61 Å². The Morgan fingerprint density at radius 1 is 0.757 bits per heavy atom. The summed E-state index contributed by atoms with van der Waals surface area (Å²) < 4.78 is 77.7. The molecule has 1 heterocycles. The molecule has 0 spiro atoms. The number of benzene rings is 3. The molecule has 196 valence electrons. The van der Waals surface area contributed by atoms with E-state index < -0.39 is 29.4 Å². The minimum Gasteiger partial charge on any atom is -0.389 e. The monoisotopic (exact) mass is 516 g/mol. The van der Waals surface area contributed by atoms with Crippen LogP contribution in [-0.2, 0) is 17.6 Å². The predicted molar refractivity (Wildman–Crippen MR) is 130 cm³/mol. The van der Waals surface area contributed by atoms with Gasteiger partial charge in [-0.05, 0) is 85.6 Å². The van der Waals surface area contributed by atoms with E-state index in [4.69, 9.17) is 4.74 Å². The van der Waals surface area contributed by atoms with Crippen LogP contribution in [0.4, 0.5) is 22.0 Å². The zero-order valence-electron chi connectivity index (χ0n) is 20.5. The number of aliphatic hydroxyl groups excluding tert-OH is 1. The molecule has 2 nitrogen and oxygen atoms in total. The lowest BCUT2D eigenvalue weighted by atomic mass is 9.75. The van der Waals surface area contributed by atoms with Crippen LogP contribution in [0.5, 0.6) is 0 Å². The summed E-state index contributed by atoms with van der Waals surface area (Å²) in [5.74, 6) is -4.20. The molecule has 2 atom stereocenters. The van der Waals surface area contributed by atoms with E-state index in [1.54, 1.807) is 24.3 Å². The maximum Gasteiger partial charge on any atom is 0.164 e. The van der Waals surface area contributed by atoms with Crippen LogP contribution in [0.1, 0.15) is 90.0 Å². The summed E-state index contributed by atoms with van der Waals surface area (Å²) in [5.41, 5.74) is 2.00. The molecular formula is C30H29F5O2. The van der Waals surface area contributed by atoms with Crippen LogP contribution >= 0.6 is 0 Å². The minimum absolute atomic E-state index is 0.0290. The van der Waals surface area contributed by atoms with Crippen LogP contribution in [-0.4, -0.2) is 11.7 Å². The van der Waals surface area contributed by atoms with Crippen molar-refractivity contribution in [1.29, 1.82) is 0 Å². The Labute approximate surface area is 213 Å². The van der Waals surface area contributed by atoms with E-state index in [2.05, 4.69) is 0 Å². The van der Waals surface area contributed by atoms with Crippen molar-refractivity contribution < 1.29 is 31.8 Å². The molecule has 0 radical (unpaired) electrons. The molecule has 5 rings (SSSR count). The molecule has 0 aromatic heterocycles. The molecule has 1 aliphatic heterocycles. The third-order valence-electron chi connectivity index (χ3n) is 7.82. The largest absolute Gasteiger partial charge is 0.389 e. The molecule has 1 aliphatic carbocycles. The van der Waals surface area contributed by atoms with Crippen molar-refractivity contribution in [3.63, 3.8) is 0 Å². The second kappa shape index (κ2) is 10.5. The fourth-order valence-electron chi connectivity index (χ4n) is 5.54. The van der Waals surface area contributed by atoms with Gasteiger partial charge in [0.15, 0.2) is 23.3 Å². The molecule has 2 aliphatic rings. The summed E-state index contributed by atoms with van der Waals surface area (Å²) in [5, 5.41) is 9.60. The highest BCUT2D eigenvalue weighted by molar-refractivity contribution is 5.33. The molecule has 1 saturated carbocycles. The highest BCUT2D eigenvalue weighted by Crippen LogP contribution is 2.42. The molecule has 2 fully saturated rings. The van der Waals surface area contributed by atoms with Crippen molar-refractivity contribution in [3.8, 4) is 0 Å². The van der Waals surface area contributed by atoms with Gasteiger partial charge in [0, 0.05) is 11.1 Å². The van der Waals surface area contributed by atoms with Crippen LogP contribution in [0, 0.1) is 29.1 Å². The topological polar surface area (TPSA) is 32.8 Å². The normalized spacial score (nSPS) is 22.2. The highest BCUT2D eigenvalue weighted by Gasteiger charge is 2.30. The molecule has 7 heteroatoms. The summed E-state index contributed by atoms with van der Waals surface area (Å²) >= 11 is 0. The molecule has 3 aromatic carbocycles. The van der Waals surface area contributed by atoms with E-state index >= 15 is 4.39 Å². The summed E-state index contributed by atoms with van der Waals surface area (Å²) in [6, 6.07) is 11.1. The number of epoxide rings is 1. The molecule has 2 unspecified atom stereocenters. The first-order chi connectivity index (χ1) is 17.7. The highest BCUT2D eigenvalue weighted by atomic mass is 19.2. The Morgan fingerprint density at radius 2 is 1.35 bits per heavy atom. The first-order valence-electron chi connectivity index (χ1n) is 12.8. The van der Waals surface area contributed by atoms with Crippen LogP contribution in [0.2, 0.25) is 0 Å². The average Bonchev–Trinajstić information content (AvgIpc) is 3.72. The number of rotatable bonds is 7. The second-order valence-corrected chi connectivity index (χ2v) is 10.2. The Morgan fingerprint density at radius 3 is 1.97 bits per heavy atom. The molecule has 0 amide bonds. The number of hydrogen-bond donors (Lipinski definition) is 1. The zero-order valence-corrected chi connectivity index (χ0v) is 20.5. The van der Waals surface area contributed by atoms with Gasteiger partial charge in [-0.1, -0.05) is 36.4 Å². The maximum absolute atomic E-state index is 15.0. The van der Waals surface area contributed by atoms with Gasteiger partial charge in [0.25, 0.3) is 0 Å². The Bertz CT molecular complexity index is 1290. The van der Waals surface area contributed by atoms with E-state index in [1.165, 1.54) is 19.1 Å². The van der Waals surface area contributed by atoms with Crippen molar-refractivity contribution >= 4 is 0 Å². The predicted octanol–water partition coefficient (Wildman–Crippen LogP) is 7.73. The van der Waals surface area contributed by atoms with Crippen molar-refractivity contribution in [1.82, 2.24) is 0 Å². The van der Waals surface area contributed by atoms with Crippen LogP contribution in [0.3, 0.4) is 0 Å². The summed E-state index contributed by atoms with van der Waals surface area (Å²) in [4.78, 5) is 0. The van der Waals surface area contributed by atoms with Gasteiger partial charge in [-0.3, -0.25) is 0 Å². The Kier molecular flexibility index (Phi) is 7.37. The standard InChI is InChI=1S/C30H29F5O2/c1-16(36)21-12-13-23(29(34)28(21)33)19-7-5-18(6-8-19)22-10-3-17(14-25(22)31)2-4-20-9-11-24(26-15-37-26)30(35)27(20)32/h3,9-14,16,18-19,26,36H,2,4-8,15H2,1H3. The molecule has 0 bridgehead atoms. The van der Waals surface area contributed by atoms with Crippen LogP contribution in [0.15, 0.2) is 42.5 Å². The van der Waals surface area contributed by atoms with Gasteiger partial charge in [-0.25, -0.2) is 22.0 Å². The van der Waals surface area contributed by atoms with Crippen molar-refractivity contribution in [2.24, 2.45) is 0 Å². The van der Waals surface area contributed by atoms with E-state index in [9.17, 15) is 22.7 Å². The second-order valence-electron chi connectivity index (χ2n) is 10.2. The fraction of sp³-hybridized carbons (Fsp3) is 0.400. The lowest BCUT2D eigenvalue weighted by molar-refractivity contribution is 0.192. The van der Waals surface area contributed by atoms with Gasteiger partial charge in [-0.15, -0.1) is 0 Å². The molecule has 3 aromatic rings. The van der Waals surface area contributed by atoms with E-state index in [-0.39, 0.29) is 46.9 Å². The summed E-state index contributed by atoms with van der Waals surface area (Å²) in [6.07, 6.45) is 1.64. The first kappa shape index (κ1) is 25.9. The lowest BCUT2D eigenvalue weighted by Gasteiger charge is -2.30. The molecule has 1 saturated heterocycles. The average molecular weight is 517 g/mol. The maximum atomic E-state index is 15.0. The van der Waals surface area contributed by atoms with Crippen molar-refractivity contribution in [3.05, 3.63) is 105 Å². The van der Waals surface area contributed by atoms with Crippen LogP contribution < -0.4 is 0 Å². The third kappa shape index (κ3) is 5.30. The summed E-state index contributed by atoms with van der Waals surface area (Å²) in [6.45, 7) is 1.79. The third-order valence-corrected chi connectivity index (χ3v) is 7.82. The molecular weight excluding hydrogens is 487 g/mol. The van der Waals surface area contributed by atoms with E-state index in [0.29, 0.717) is 55.4 Å². The molecule has 1 N–H and O–H groups in total. The smallest absolute Gasteiger partial charge is 0.164 e. The summed E-state index contributed by atoms with van der Waals surface area (Å²) in [7, 11) is 0. The Hall–Kier alpha value is -2.77. The fourth-order valence-corrected chi connectivity index (χ4v) is 5.54. The molecule has 37 heavy (non-hydrogen) atoms. The number of aryl methyl sites for hydroxylation is 2. The van der Waals surface area contributed by atoms with Gasteiger partial charge in [0.2, 0.25) is 0 Å². The Balaban J connectivity index is 1.21. The zero-order chi connectivity index (χ0) is 26.3. The number of hydrogen-bond acceptors (Lipinski definition) is 2. The first-order valence-corrected chi connectivity index (χ1v) is 12.8. The van der Waals surface area contributed by atoms with Gasteiger partial charge in [0.05, 0.1) is 12.7 Å². The van der Waals surface area contributed by atoms with Gasteiger partial charge < -0.3 is 9.84 Å². The lowest BCUT2D eigenvalue weighted by Crippen LogP contribution is -2.15. The van der Waals surface area contributed by atoms with Gasteiger partial charge >= 0.3 is 0 Å². The number of ether oxygens (including phenoxy) is 1.